The summed E-state index contributed by atoms with van der Waals surface area (Å²) in [6.07, 6.45) is -3.28. The van der Waals surface area contributed by atoms with Gasteiger partial charge in [0.05, 0.1) is 20.8 Å². The SMILES string of the molecule is O=C(NCc1ccc(C(F)(F)F)nc1)c1ccc(N(CCc2cccc(Cl)c2Cl)S(=O)[O-])c(Cl)c1. The van der Waals surface area contributed by atoms with Crippen molar-refractivity contribution in [3.05, 3.63) is 92.2 Å². The van der Waals surface area contributed by atoms with Crippen LogP contribution in [0.15, 0.2) is 54.7 Å². The van der Waals surface area contributed by atoms with Crippen LogP contribution in [-0.4, -0.2) is 26.2 Å². The van der Waals surface area contributed by atoms with E-state index in [-0.39, 0.29) is 35.8 Å². The second kappa shape index (κ2) is 11.6. The largest absolute Gasteiger partial charge is 0.755 e. The zero-order chi connectivity index (χ0) is 25.8. The number of hydrogen-bond acceptors (Lipinski definition) is 4. The number of carbonyl (C=O) groups is 1. The summed E-state index contributed by atoms with van der Waals surface area (Å²) in [6, 6.07) is 11.1. The summed E-state index contributed by atoms with van der Waals surface area (Å²) in [6.45, 7) is -0.0528. The monoisotopic (exact) mass is 564 g/mol. The van der Waals surface area contributed by atoms with Gasteiger partial charge >= 0.3 is 6.18 Å². The van der Waals surface area contributed by atoms with E-state index < -0.39 is 29.0 Å². The van der Waals surface area contributed by atoms with E-state index in [1.165, 1.54) is 24.3 Å². The lowest BCUT2D eigenvalue weighted by atomic mass is 10.1. The van der Waals surface area contributed by atoms with Crippen LogP contribution in [0.4, 0.5) is 18.9 Å². The molecule has 0 saturated heterocycles. The summed E-state index contributed by atoms with van der Waals surface area (Å²) < 4.78 is 62.5. The zero-order valence-corrected chi connectivity index (χ0v) is 20.7. The van der Waals surface area contributed by atoms with E-state index in [1.54, 1.807) is 18.2 Å². The Hall–Kier alpha value is -2.37. The van der Waals surface area contributed by atoms with Crippen LogP contribution in [0.5, 0.6) is 0 Å². The quantitative estimate of drug-likeness (QED) is 0.348. The molecule has 186 valence electrons. The Balaban J connectivity index is 1.68. The molecule has 6 nitrogen and oxygen atoms in total. The van der Waals surface area contributed by atoms with Crippen molar-refractivity contribution in [3.8, 4) is 0 Å². The van der Waals surface area contributed by atoms with Gasteiger partial charge in [-0.2, -0.15) is 13.2 Å². The van der Waals surface area contributed by atoms with Crippen LogP contribution >= 0.6 is 34.8 Å². The van der Waals surface area contributed by atoms with Crippen molar-refractivity contribution in [2.75, 3.05) is 10.8 Å². The number of hydrogen-bond donors (Lipinski definition) is 1. The zero-order valence-electron chi connectivity index (χ0n) is 17.6. The average molecular weight is 566 g/mol. The number of carbonyl (C=O) groups excluding carboxylic acids is 1. The first-order valence-corrected chi connectivity index (χ1v) is 12.0. The molecule has 3 aromatic rings. The van der Waals surface area contributed by atoms with Gasteiger partial charge in [0.1, 0.15) is 5.69 Å². The first-order valence-electron chi connectivity index (χ1n) is 9.87. The summed E-state index contributed by atoms with van der Waals surface area (Å²) in [5.74, 6) is -0.557. The number of rotatable bonds is 8. The van der Waals surface area contributed by atoms with Gasteiger partial charge in [-0.1, -0.05) is 53.0 Å². The fourth-order valence-electron chi connectivity index (χ4n) is 3.07. The van der Waals surface area contributed by atoms with Gasteiger partial charge in [0.15, 0.2) is 0 Å². The predicted molar refractivity (Wildman–Crippen MR) is 128 cm³/mol. The molecule has 2 aromatic carbocycles. The lowest BCUT2D eigenvalue weighted by Gasteiger charge is -2.27. The van der Waals surface area contributed by atoms with Crippen molar-refractivity contribution in [1.82, 2.24) is 10.3 Å². The van der Waals surface area contributed by atoms with E-state index in [9.17, 15) is 26.7 Å². The molecule has 1 amide bonds. The molecular formula is C22H16Cl3F3N3O3S-. The Morgan fingerprint density at radius 3 is 2.43 bits per heavy atom. The van der Waals surface area contributed by atoms with E-state index in [0.29, 0.717) is 21.2 Å². The van der Waals surface area contributed by atoms with Gasteiger partial charge in [0, 0.05) is 36.1 Å². The predicted octanol–water partition coefficient (Wildman–Crippen LogP) is 5.83. The molecule has 0 aliphatic rings. The van der Waals surface area contributed by atoms with Gasteiger partial charge in [-0.05, 0) is 47.9 Å². The minimum Gasteiger partial charge on any atom is -0.755 e. The Kier molecular flexibility index (Phi) is 9.00. The Bertz CT molecular complexity index is 1240. The van der Waals surface area contributed by atoms with E-state index in [1.807, 2.05) is 0 Å². The van der Waals surface area contributed by atoms with Gasteiger partial charge < -0.3 is 14.2 Å². The molecule has 35 heavy (non-hydrogen) atoms. The second-order valence-corrected chi connectivity index (χ2v) is 9.25. The number of alkyl halides is 3. The fraction of sp³-hybridized carbons (Fsp3) is 0.182. The molecule has 0 spiro atoms. The minimum atomic E-state index is -4.55. The number of nitrogens with one attached hydrogen (secondary N) is 1. The molecule has 0 radical (unpaired) electrons. The van der Waals surface area contributed by atoms with Crippen LogP contribution in [0.1, 0.15) is 27.2 Å². The number of nitrogens with zero attached hydrogens (tertiary/aromatic N) is 2. The highest BCUT2D eigenvalue weighted by atomic mass is 35.5. The molecule has 0 fully saturated rings. The highest BCUT2D eigenvalue weighted by Gasteiger charge is 2.32. The van der Waals surface area contributed by atoms with Crippen LogP contribution in [0.2, 0.25) is 15.1 Å². The molecule has 0 bridgehead atoms. The maximum absolute atomic E-state index is 12.6. The van der Waals surface area contributed by atoms with E-state index >= 15 is 0 Å². The van der Waals surface area contributed by atoms with Crippen molar-refractivity contribution in [1.29, 1.82) is 0 Å². The second-order valence-electron chi connectivity index (χ2n) is 7.18. The third-order valence-corrected chi connectivity index (χ3v) is 6.74. The summed E-state index contributed by atoms with van der Waals surface area (Å²) in [7, 11) is 0. The van der Waals surface area contributed by atoms with Crippen molar-refractivity contribution < 1.29 is 26.7 Å². The highest BCUT2D eigenvalue weighted by Crippen LogP contribution is 2.30. The molecule has 1 heterocycles. The van der Waals surface area contributed by atoms with E-state index in [0.717, 1.165) is 16.6 Å². The number of anilines is 1. The smallest absolute Gasteiger partial charge is 0.433 e. The molecule has 0 aliphatic heterocycles. The van der Waals surface area contributed by atoms with Crippen molar-refractivity contribution in [2.24, 2.45) is 0 Å². The van der Waals surface area contributed by atoms with Crippen LogP contribution < -0.4 is 9.62 Å². The summed E-state index contributed by atoms with van der Waals surface area (Å²) in [4.78, 5) is 15.8. The van der Waals surface area contributed by atoms with Crippen molar-refractivity contribution in [2.45, 2.75) is 19.1 Å². The van der Waals surface area contributed by atoms with Crippen LogP contribution in [0.25, 0.3) is 0 Å². The number of halogens is 6. The summed E-state index contributed by atoms with van der Waals surface area (Å²) in [5.41, 5.74) is 0.267. The molecule has 1 N–H and O–H groups in total. The van der Waals surface area contributed by atoms with Gasteiger partial charge in [-0.25, -0.2) is 0 Å². The Morgan fingerprint density at radius 2 is 1.83 bits per heavy atom. The molecule has 0 saturated carbocycles. The molecule has 3 rings (SSSR count). The Labute approximate surface area is 216 Å². The van der Waals surface area contributed by atoms with Crippen LogP contribution in [0.3, 0.4) is 0 Å². The van der Waals surface area contributed by atoms with Gasteiger partial charge in [0.25, 0.3) is 5.91 Å². The topological polar surface area (TPSA) is 85.4 Å². The molecule has 0 aliphatic carbocycles. The highest BCUT2D eigenvalue weighted by molar-refractivity contribution is 7.80. The molecule has 13 heteroatoms. The van der Waals surface area contributed by atoms with Gasteiger partial charge in [-0.3, -0.25) is 14.0 Å². The van der Waals surface area contributed by atoms with E-state index in [4.69, 9.17) is 34.8 Å². The number of benzene rings is 2. The lowest BCUT2D eigenvalue weighted by Crippen LogP contribution is -2.28. The first kappa shape index (κ1) is 27.2. The standard InChI is InChI=1S/C22H17Cl3F3N3O3S/c23-16-3-1-2-14(20(16)25)8-9-31(35(33)34)18-6-5-15(10-17(18)24)21(32)30-12-13-4-7-19(29-11-13)22(26,27)28/h1-7,10-11H,8-9,12H2,(H,30,32)(H,33,34)/p-1. The average Bonchev–Trinajstić information content (AvgIpc) is 2.80. The van der Waals surface area contributed by atoms with Gasteiger partial charge in [-0.15, -0.1) is 0 Å². The summed E-state index contributed by atoms with van der Waals surface area (Å²) >= 11 is 15.8. The maximum Gasteiger partial charge on any atom is 0.433 e. The van der Waals surface area contributed by atoms with Crippen molar-refractivity contribution in [3.63, 3.8) is 0 Å². The van der Waals surface area contributed by atoms with E-state index in [2.05, 4.69) is 10.3 Å². The molecule has 1 aromatic heterocycles. The first-order chi connectivity index (χ1) is 16.5. The molecular weight excluding hydrogens is 550 g/mol. The maximum atomic E-state index is 12.6. The van der Waals surface area contributed by atoms with Gasteiger partial charge in [0.2, 0.25) is 0 Å². The minimum absolute atomic E-state index is 0.00948. The third kappa shape index (κ3) is 7.08. The van der Waals surface area contributed by atoms with Crippen LogP contribution in [-0.2, 0) is 30.4 Å². The lowest BCUT2D eigenvalue weighted by molar-refractivity contribution is -0.141. The molecule has 1 atom stereocenters. The molecule has 1 unspecified atom stereocenters. The number of pyridine rings is 1. The normalized spacial score (nSPS) is 12.3. The fourth-order valence-corrected chi connectivity index (χ4v) is 4.38. The third-order valence-electron chi connectivity index (χ3n) is 4.84. The van der Waals surface area contributed by atoms with Crippen molar-refractivity contribution >= 4 is 57.7 Å². The summed E-state index contributed by atoms with van der Waals surface area (Å²) in [5, 5.41) is 3.23. The Morgan fingerprint density at radius 1 is 1.09 bits per heavy atom. The number of aromatic nitrogens is 1. The van der Waals surface area contributed by atoms with Crippen LogP contribution in [0, 0.1) is 0 Å². The number of amides is 1.